The minimum absolute atomic E-state index is 0.401. The summed E-state index contributed by atoms with van der Waals surface area (Å²) in [6.07, 6.45) is -1.67. The van der Waals surface area contributed by atoms with E-state index in [0.29, 0.717) is 23.6 Å². The molecule has 0 atom stereocenters. The number of para-hydroxylation sites is 2. The van der Waals surface area contributed by atoms with E-state index in [0.717, 1.165) is 12.1 Å². The number of alkyl halides is 3. The topological polar surface area (TPSA) is 38.3 Å². The molecule has 3 nitrogen and oxygen atoms in total. The molecule has 0 aliphatic heterocycles. The number of rotatable bonds is 5. The first-order chi connectivity index (χ1) is 11.4. The molecular weight excluding hydrogens is 319 g/mol. The number of ether oxygens (including phenoxy) is 1. The summed E-state index contributed by atoms with van der Waals surface area (Å²) < 4.78 is 42.8. The van der Waals surface area contributed by atoms with Crippen molar-refractivity contribution in [2.75, 3.05) is 11.9 Å². The van der Waals surface area contributed by atoms with Gasteiger partial charge < -0.3 is 10.1 Å². The Balaban J connectivity index is 2.03. The molecule has 0 spiro atoms. The fraction of sp³-hybridized carbons (Fsp3) is 0.167. The SMILES string of the molecule is CCOc1ccccc1NC(=O)/C=C/c1ccc(C(F)(F)F)cc1. The van der Waals surface area contributed by atoms with Gasteiger partial charge in [0.05, 0.1) is 17.9 Å². The average Bonchev–Trinajstić information content (AvgIpc) is 2.55. The van der Waals surface area contributed by atoms with Crippen LogP contribution in [0.5, 0.6) is 5.75 Å². The lowest BCUT2D eigenvalue weighted by molar-refractivity contribution is -0.137. The third-order valence-electron chi connectivity index (χ3n) is 3.11. The fourth-order valence-electron chi connectivity index (χ4n) is 1.98. The molecule has 0 aliphatic carbocycles. The van der Waals surface area contributed by atoms with Gasteiger partial charge in [0, 0.05) is 6.08 Å². The molecule has 126 valence electrons. The van der Waals surface area contributed by atoms with Crippen molar-refractivity contribution < 1.29 is 22.7 Å². The minimum atomic E-state index is -4.37. The fourth-order valence-corrected chi connectivity index (χ4v) is 1.98. The quantitative estimate of drug-likeness (QED) is 0.800. The van der Waals surface area contributed by atoms with Gasteiger partial charge in [0.15, 0.2) is 0 Å². The van der Waals surface area contributed by atoms with Gasteiger partial charge in [0.2, 0.25) is 5.91 Å². The predicted molar refractivity (Wildman–Crippen MR) is 86.7 cm³/mol. The summed E-state index contributed by atoms with van der Waals surface area (Å²) >= 11 is 0. The van der Waals surface area contributed by atoms with Crippen molar-refractivity contribution >= 4 is 17.7 Å². The van der Waals surface area contributed by atoms with Gasteiger partial charge in [-0.25, -0.2) is 0 Å². The Morgan fingerprint density at radius 3 is 2.42 bits per heavy atom. The van der Waals surface area contributed by atoms with E-state index in [1.54, 1.807) is 24.3 Å². The Hall–Kier alpha value is -2.76. The molecule has 0 heterocycles. The second-order valence-corrected chi connectivity index (χ2v) is 4.87. The van der Waals surface area contributed by atoms with Gasteiger partial charge >= 0.3 is 6.18 Å². The lowest BCUT2D eigenvalue weighted by Crippen LogP contribution is -2.09. The van der Waals surface area contributed by atoms with Crippen molar-refractivity contribution in [2.45, 2.75) is 13.1 Å². The van der Waals surface area contributed by atoms with Crippen LogP contribution in [0.4, 0.5) is 18.9 Å². The molecule has 1 N–H and O–H groups in total. The number of nitrogens with one attached hydrogen (secondary N) is 1. The van der Waals surface area contributed by atoms with Gasteiger partial charge in [-0.05, 0) is 42.8 Å². The average molecular weight is 335 g/mol. The highest BCUT2D eigenvalue weighted by atomic mass is 19.4. The zero-order valence-corrected chi connectivity index (χ0v) is 12.9. The first kappa shape index (κ1) is 17.6. The van der Waals surface area contributed by atoms with Crippen LogP contribution in [-0.2, 0) is 11.0 Å². The van der Waals surface area contributed by atoms with Crippen molar-refractivity contribution in [3.8, 4) is 5.75 Å². The molecule has 0 unspecified atom stereocenters. The van der Waals surface area contributed by atoms with Crippen LogP contribution in [0, 0.1) is 0 Å². The second-order valence-electron chi connectivity index (χ2n) is 4.87. The van der Waals surface area contributed by atoms with Gasteiger partial charge in [-0.2, -0.15) is 13.2 Å². The third kappa shape index (κ3) is 4.87. The molecule has 1 amide bonds. The van der Waals surface area contributed by atoms with Crippen LogP contribution in [0.2, 0.25) is 0 Å². The maximum Gasteiger partial charge on any atom is 0.416 e. The highest BCUT2D eigenvalue weighted by molar-refractivity contribution is 6.02. The van der Waals surface area contributed by atoms with Crippen LogP contribution in [0.3, 0.4) is 0 Å². The van der Waals surface area contributed by atoms with Gasteiger partial charge in [0.25, 0.3) is 0 Å². The number of halogens is 3. The molecule has 0 radical (unpaired) electrons. The zero-order valence-electron chi connectivity index (χ0n) is 12.9. The van der Waals surface area contributed by atoms with Gasteiger partial charge in [-0.15, -0.1) is 0 Å². The summed E-state index contributed by atoms with van der Waals surface area (Å²) in [7, 11) is 0. The Morgan fingerprint density at radius 2 is 1.79 bits per heavy atom. The molecule has 0 aromatic heterocycles. The largest absolute Gasteiger partial charge is 0.492 e. The normalized spacial score (nSPS) is 11.5. The summed E-state index contributed by atoms with van der Waals surface area (Å²) in [5.74, 6) is 0.151. The molecule has 2 rings (SSSR count). The van der Waals surface area contributed by atoms with E-state index in [1.165, 1.54) is 24.3 Å². The Bertz CT molecular complexity index is 722. The lowest BCUT2D eigenvalue weighted by Gasteiger charge is -2.09. The Kier molecular flexibility index (Phi) is 5.63. The van der Waals surface area contributed by atoms with E-state index in [9.17, 15) is 18.0 Å². The molecule has 0 saturated carbocycles. The van der Waals surface area contributed by atoms with Crippen molar-refractivity contribution in [2.24, 2.45) is 0 Å². The number of carbonyl (C=O) groups is 1. The summed E-state index contributed by atoms with van der Waals surface area (Å²) in [5.41, 5.74) is 0.299. The predicted octanol–water partition coefficient (Wildman–Crippen LogP) is 4.76. The van der Waals surface area contributed by atoms with Crippen molar-refractivity contribution in [3.63, 3.8) is 0 Å². The van der Waals surface area contributed by atoms with Crippen LogP contribution >= 0.6 is 0 Å². The zero-order chi connectivity index (χ0) is 17.6. The Morgan fingerprint density at radius 1 is 1.12 bits per heavy atom. The summed E-state index contributed by atoms with van der Waals surface area (Å²) in [4.78, 5) is 11.9. The lowest BCUT2D eigenvalue weighted by atomic mass is 10.1. The first-order valence-corrected chi connectivity index (χ1v) is 7.28. The van der Waals surface area contributed by atoms with Crippen LogP contribution in [-0.4, -0.2) is 12.5 Å². The van der Waals surface area contributed by atoms with Crippen LogP contribution in [0.1, 0.15) is 18.1 Å². The maximum atomic E-state index is 12.5. The number of hydrogen-bond donors (Lipinski definition) is 1. The van der Waals surface area contributed by atoms with E-state index < -0.39 is 17.6 Å². The second kappa shape index (κ2) is 7.68. The number of amides is 1. The molecule has 2 aromatic carbocycles. The van der Waals surface area contributed by atoms with Crippen LogP contribution < -0.4 is 10.1 Å². The summed E-state index contributed by atoms with van der Waals surface area (Å²) in [5, 5.41) is 2.67. The minimum Gasteiger partial charge on any atom is -0.492 e. The van der Waals surface area contributed by atoms with Crippen molar-refractivity contribution in [3.05, 3.63) is 65.7 Å². The standard InChI is InChI=1S/C18H16F3NO2/c1-2-24-16-6-4-3-5-15(16)22-17(23)12-9-13-7-10-14(11-8-13)18(19,20)21/h3-12H,2H2,1H3,(H,22,23)/b12-9+. The molecule has 0 aliphatic rings. The molecule has 6 heteroatoms. The number of benzene rings is 2. The number of carbonyl (C=O) groups excluding carboxylic acids is 1. The Labute approximate surface area is 137 Å². The first-order valence-electron chi connectivity index (χ1n) is 7.28. The smallest absolute Gasteiger partial charge is 0.416 e. The molecule has 0 saturated heterocycles. The van der Waals surface area contributed by atoms with E-state index in [1.807, 2.05) is 6.92 Å². The highest BCUT2D eigenvalue weighted by Gasteiger charge is 2.29. The number of anilines is 1. The van der Waals surface area contributed by atoms with Crippen LogP contribution in [0.25, 0.3) is 6.08 Å². The van der Waals surface area contributed by atoms with E-state index in [-0.39, 0.29) is 0 Å². The van der Waals surface area contributed by atoms with E-state index >= 15 is 0 Å². The monoisotopic (exact) mass is 335 g/mol. The summed E-state index contributed by atoms with van der Waals surface area (Å²) in [6, 6.07) is 11.6. The van der Waals surface area contributed by atoms with Gasteiger partial charge in [-0.3, -0.25) is 4.79 Å². The van der Waals surface area contributed by atoms with Crippen LogP contribution in [0.15, 0.2) is 54.6 Å². The molecular formula is C18H16F3NO2. The molecule has 0 bridgehead atoms. The highest BCUT2D eigenvalue weighted by Crippen LogP contribution is 2.29. The molecule has 0 fully saturated rings. The number of hydrogen-bond acceptors (Lipinski definition) is 2. The van der Waals surface area contributed by atoms with Crippen molar-refractivity contribution in [1.82, 2.24) is 0 Å². The van der Waals surface area contributed by atoms with Crippen molar-refractivity contribution in [1.29, 1.82) is 0 Å². The summed E-state index contributed by atoms with van der Waals surface area (Å²) in [6.45, 7) is 2.30. The third-order valence-corrected chi connectivity index (χ3v) is 3.11. The van der Waals surface area contributed by atoms with E-state index in [4.69, 9.17) is 4.74 Å². The van der Waals surface area contributed by atoms with Gasteiger partial charge in [-0.1, -0.05) is 24.3 Å². The van der Waals surface area contributed by atoms with Gasteiger partial charge in [0.1, 0.15) is 5.75 Å². The molecule has 24 heavy (non-hydrogen) atoms. The van der Waals surface area contributed by atoms with E-state index in [2.05, 4.69) is 5.32 Å². The maximum absolute atomic E-state index is 12.5. The molecule has 2 aromatic rings.